The summed E-state index contributed by atoms with van der Waals surface area (Å²) >= 11 is 0. The number of amides is 1. The van der Waals surface area contributed by atoms with Crippen molar-refractivity contribution in [1.29, 1.82) is 0 Å². The van der Waals surface area contributed by atoms with Crippen LogP contribution in [-0.4, -0.2) is 47.7 Å². The second-order valence-electron chi connectivity index (χ2n) is 7.12. The van der Waals surface area contributed by atoms with Crippen LogP contribution < -0.4 is 0 Å². The monoisotopic (exact) mass is 309 g/mol. The fourth-order valence-corrected chi connectivity index (χ4v) is 4.08. The molecule has 22 heavy (non-hydrogen) atoms. The van der Waals surface area contributed by atoms with Crippen LogP contribution in [0.5, 0.6) is 0 Å². The number of nitrogens with zero attached hydrogens (tertiary/aromatic N) is 1. The van der Waals surface area contributed by atoms with Gasteiger partial charge in [-0.1, -0.05) is 19.3 Å². The highest BCUT2D eigenvalue weighted by molar-refractivity contribution is 5.76. The average molecular weight is 309 g/mol. The summed E-state index contributed by atoms with van der Waals surface area (Å²) in [5, 5.41) is 9.26. The summed E-state index contributed by atoms with van der Waals surface area (Å²) in [4.78, 5) is 25.5. The molecule has 3 fully saturated rings. The highest BCUT2D eigenvalue weighted by Crippen LogP contribution is 2.34. The van der Waals surface area contributed by atoms with Gasteiger partial charge in [0, 0.05) is 26.1 Å². The summed E-state index contributed by atoms with van der Waals surface area (Å²) in [6.45, 7) is 2.09. The number of likely N-dealkylation sites (tertiary alicyclic amines) is 1. The van der Waals surface area contributed by atoms with Gasteiger partial charge in [0.15, 0.2) is 0 Å². The molecule has 1 amide bonds. The minimum atomic E-state index is -0.735. The highest BCUT2D eigenvalue weighted by atomic mass is 16.5. The van der Waals surface area contributed by atoms with Crippen molar-refractivity contribution < 1.29 is 19.4 Å². The second kappa shape index (κ2) is 6.99. The van der Waals surface area contributed by atoms with E-state index in [1.54, 1.807) is 0 Å². The molecule has 0 aromatic heterocycles. The molecule has 3 aliphatic rings. The SMILES string of the molecule is O=C(O)C1CCO[C@H]1C1CCN(C(=O)CCC2CCC2)CC1. The van der Waals surface area contributed by atoms with Gasteiger partial charge in [-0.2, -0.15) is 0 Å². The molecule has 2 heterocycles. The van der Waals surface area contributed by atoms with Gasteiger partial charge in [0.2, 0.25) is 5.91 Å². The van der Waals surface area contributed by atoms with E-state index in [4.69, 9.17) is 4.74 Å². The second-order valence-corrected chi connectivity index (χ2v) is 7.12. The number of hydrogen-bond acceptors (Lipinski definition) is 3. The number of aliphatic carboxylic acids is 1. The summed E-state index contributed by atoms with van der Waals surface area (Å²) in [6.07, 6.45) is 7.89. The van der Waals surface area contributed by atoms with Crippen molar-refractivity contribution in [2.24, 2.45) is 17.8 Å². The van der Waals surface area contributed by atoms with Crippen LogP contribution in [0.2, 0.25) is 0 Å². The lowest BCUT2D eigenvalue weighted by atomic mass is 9.81. The summed E-state index contributed by atoms with van der Waals surface area (Å²) in [5.74, 6) is 0.267. The molecular weight excluding hydrogens is 282 g/mol. The Kier molecular flexibility index (Phi) is 5.01. The van der Waals surface area contributed by atoms with Crippen LogP contribution in [0.1, 0.15) is 51.4 Å². The lowest BCUT2D eigenvalue weighted by Gasteiger charge is -2.36. The molecule has 0 bridgehead atoms. The molecule has 2 saturated heterocycles. The Morgan fingerprint density at radius 3 is 2.41 bits per heavy atom. The van der Waals surface area contributed by atoms with Gasteiger partial charge < -0.3 is 14.7 Å². The molecule has 3 rings (SSSR count). The minimum Gasteiger partial charge on any atom is -0.481 e. The maximum atomic E-state index is 12.2. The smallest absolute Gasteiger partial charge is 0.309 e. The fraction of sp³-hybridized carbons (Fsp3) is 0.882. The Morgan fingerprint density at radius 2 is 1.82 bits per heavy atom. The van der Waals surface area contributed by atoms with E-state index < -0.39 is 5.97 Å². The summed E-state index contributed by atoms with van der Waals surface area (Å²) in [7, 11) is 0. The van der Waals surface area contributed by atoms with Crippen LogP contribution >= 0.6 is 0 Å². The molecule has 5 heteroatoms. The van der Waals surface area contributed by atoms with Crippen molar-refractivity contribution in [3.63, 3.8) is 0 Å². The maximum absolute atomic E-state index is 12.2. The molecule has 0 aromatic carbocycles. The number of carbonyl (C=O) groups is 2. The Labute approximate surface area is 132 Å². The van der Waals surface area contributed by atoms with E-state index in [2.05, 4.69) is 0 Å². The number of ether oxygens (including phenoxy) is 1. The van der Waals surface area contributed by atoms with Crippen LogP contribution in [0.4, 0.5) is 0 Å². The summed E-state index contributed by atoms with van der Waals surface area (Å²) < 4.78 is 5.68. The Balaban J connectivity index is 1.43. The largest absolute Gasteiger partial charge is 0.481 e. The molecule has 2 atom stereocenters. The quantitative estimate of drug-likeness (QED) is 0.846. The van der Waals surface area contributed by atoms with Crippen molar-refractivity contribution in [3.8, 4) is 0 Å². The number of carboxylic acids is 1. The highest BCUT2D eigenvalue weighted by Gasteiger charge is 2.40. The lowest BCUT2D eigenvalue weighted by molar-refractivity contribution is -0.146. The molecule has 5 nitrogen and oxygen atoms in total. The van der Waals surface area contributed by atoms with Crippen LogP contribution in [0.15, 0.2) is 0 Å². The van der Waals surface area contributed by atoms with Crippen molar-refractivity contribution >= 4 is 11.9 Å². The topological polar surface area (TPSA) is 66.8 Å². The van der Waals surface area contributed by atoms with Gasteiger partial charge in [0.1, 0.15) is 0 Å². The molecule has 124 valence electrons. The molecule has 0 radical (unpaired) electrons. The van der Waals surface area contributed by atoms with Crippen molar-refractivity contribution in [3.05, 3.63) is 0 Å². The predicted molar refractivity (Wildman–Crippen MR) is 81.4 cm³/mol. The normalized spacial score (nSPS) is 30.3. The van der Waals surface area contributed by atoms with Crippen LogP contribution in [0.3, 0.4) is 0 Å². The fourth-order valence-electron chi connectivity index (χ4n) is 4.08. The van der Waals surface area contributed by atoms with Crippen molar-refractivity contribution in [2.45, 2.75) is 57.5 Å². The Bertz CT molecular complexity index is 413. The van der Waals surface area contributed by atoms with E-state index in [-0.39, 0.29) is 17.9 Å². The number of hydrogen-bond donors (Lipinski definition) is 1. The molecule has 1 saturated carbocycles. The van der Waals surface area contributed by atoms with E-state index in [9.17, 15) is 14.7 Å². The molecule has 1 unspecified atom stereocenters. The van der Waals surface area contributed by atoms with E-state index in [0.717, 1.165) is 38.3 Å². The Hall–Kier alpha value is -1.10. The van der Waals surface area contributed by atoms with Crippen LogP contribution in [-0.2, 0) is 14.3 Å². The van der Waals surface area contributed by atoms with E-state index in [0.29, 0.717) is 25.4 Å². The van der Waals surface area contributed by atoms with Crippen molar-refractivity contribution in [2.75, 3.05) is 19.7 Å². The molecule has 2 aliphatic heterocycles. The van der Waals surface area contributed by atoms with Gasteiger partial charge in [0.25, 0.3) is 0 Å². The molecular formula is C17H27NO4. The first-order chi connectivity index (χ1) is 10.6. The number of carbonyl (C=O) groups excluding carboxylic acids is 1. The molecule has 1 N–H and O–H groups in total. The first kappa shape index (κ1) is 15.8. The molecule has 0 aromatic rings. The van der Waals surface area contributed by atoms with Gasteiger partial charge in [-0.25, -0.2) is 0 Å². The third kappa shape index (κ3) is 3.45. The third-order valence-corrected chi connectivity index (χ3v) is 5.80. The number of carboxylic acid groups (broad SMARTS) is 1. The van der Waals surface area contributed by atoms with E-state index >= 15 is 0 Å². The third-order valence-electron chi connectivity index (χ3n) is 5.80. The zero-order valence-corrected chi connectivity index (χ0v) is 13.2. The van der Waals surface area contributed by atoms with Gasteiger partial charge in [-0.15, -0.1) is 0 Å². The summed E-state index contributed by atoms with van der Waals surface area (Å²) in [5.41, 5.74) is 0. The van der Waals surface area contributed by atoms with E-state index in [1.807, 2.05) is 4.90 Å². The molecule has 0 spiro atoms. The first-order valence-electron chi connectivity index (χ1n) is 8.77. The van der Waals surface area contributed by atoms with E-state index in [1.165, 1.54) is 19.3 Å². The zero-order chi connectivity index (χ0) is 15.5. The lowest BCUT2D eigenvalue weighted by Crippen LogP contribution is -2.43. The Morgan fingerprint density at radius 1 is 1.09 bits per heavy atom. The maximum Gasteiger partial charge on any atom is 0.309 e. The average Bonchev–Trinajstić information content (AvgIpc) is 2.95. The first-order valence-corrected chi connectivity index (χ1v) is 8.77. The summed E-state index contributed by atoms with van der Waals surface area (Å²) in [6, 6.07) is 0. The van der Waals surface area contributed by atoms with Crippen LogP contribution in [0, 0.1) is 17.8 Å². The van der Waals surface area contributed by atoms with Gasteiger partial charge >= 0.3 is 5.97 Å². The van der Waals surface area contributed by atoms with Crippen LogP contribution in [0.25, 0.3) is 0 Å². The zero-order valence-electron chi connectivity index (χ0n) is 13.2. The van der Waals surface area contributed by atoms with Gasteiger partial charge in [-0.05, 0) is 37.5 Å². The minimum absolute atomic E-state index is 0.148. The number of piperidine rings is 1. The standard InChI is InChI=1S/C17H27NO4/c19-15(5-4-12-2-1-3-12)18-9-6-13(7-10-18)16-14(17(20)21)8-11-22-16/h12-14,16H,1-11H2,(H,20,21)/t14?,16-/m0/s1. The van der Waals surface area contributed by atoms with Gasteiger partial charge in [-0.3, -0.25) is 9.59 Å². The van der Waals surface area contributed by atoms with Gasteiger partial charge in [0.05, 0.1) is 12.0 Å². The number of rotatable bonds is 5. The predicted octanol–water partition coefficient (Wildman–Crippen LogP) is 2.29. The van der Waals surface area contributed by atoms with Crippen molar-refractivity contribution in [1.82, 2.24) is 4.90 Å². The molecule has 1 aliphatic carbocycles.